The molecule has 1 aromatic carbocycles. The zero-order valence-electron chi connectivity index (χ0n) is 10.6. The fraction of sp³-hybridized carbons (Fsp3) is 0.462. The van der Waals surface area contributed by atoms with E-state index in [0.717, 1.165) is 5.56 Å². The lowest BCUT2D eigenvalue weighted by molar-refractivity contribution is 0.0441. The first-order valence-corrected chi connectivity index (χ1v) is 6.06. The molecule has 0 aliphatic carbocycles. The van der Waals surface area contributed by atoms with Gasteiger partial charge in [0.1, 0.15) is 6.61 Å². The van der Waals surface area contributed by atoms with Gasteiger partial charge in [0.2, 0.25) is 0 Å². The molecule has 3 N–H and O–H groups in total. The third kappa shape index (κ3) is 4.38. The van der Waals surface area contributed by atoms with Gasteiger partial charge in [-0.1, -0.05) is 30.3 Å². The summed E-state index contributed by atoms with van der Waals surface area (Å²) in [6.07, 6.45) is -0.397. The quantitative estimate of drug-likeness (QED) is 0.855. The van der Waals surface area contributed by atoms with Crippen molar-refractivity contribution < 1.29 is 14.6 Å². The topological polar surface area (TPSA) is 75.8 Å². The van der Waals surface area contributed by atoms with E-state index in [2.05, 4.69) is 0 Å². The van der Waals surface area contributed by atoms with Crippen LogP contribution in [-0.4, -0.2) is 41.3 Å². The molecule has 0 bridgehead atoms. The minimum absolute atomic E-state index is 0. The number of halogens is 1. The van der Waals surface area contributed by atoms with E-state index in [1.54, 1.807) is 4.90 Å². The van der Waals surface area contributed by atoms with Gasteiger partial charge in [-0.2, -0.15) is 0 Å². The number of aliphatic hydroxyl groups excluding tert-OH is 1. The molecule has 0 spiro atoms. The highest BCUT2D eigenvalue weighted by Gasteiger charge is 2.28. The second kappa shape index (κ2) is 7.33. The lowest BCUT2D eigenvalue weighted by Gasteiger charge is -2.33. The third-order valence-corrected chi connectivity index (χ3v) is 3.08. The van der Waals surface area contributed by atoms with Gasteiger partial charge in [-0.05, 0) is 12.0 Å². The molecule has 5 nitrogen and oxygen atoms in total. The number of piperidine rings is 1. The molecule has 1 amide bonds. The van der Waals surface area contributed by atoms with Crippen LogP contribution in [0.3, 0.4) is 0 Å². The Balaban J connectivity index is 0.00000180. The summed E-state index contributed by atoms with van der Waals surface area (Å²) in [5.74, 6) is 0. The van der Waals surface area contributed by atoms with Crippen molar-refractivity contribution in [2.45, 2.75) is 25.2 Å². The van der Waals surface area contributed by atoms with Gasteiger partial charge in [0.15, 0.2) is 0 Å². The molecule has 1 aliphatic rings. The van der Waals surface area contributed by atoms with Crippen LogP contribution in [0.5, 0.6) is 0 Å². The highest BCUT2D eigenvalue weighted by Crippen LogP contribution is 2.11. The number of hydrogen-bond donors (Lipinski definition) is 2. The highest BCUT2D eigenvalue weighted by molar-refractivity contribution is 5.85. The summed E-state index contributed by atoms with van der Waals surface area (Å²) in [5.41, 5.74) is 6.67. The van der Waals surface area contributed by atoms with Crippen molar-refractivity contribution in [3.8, 4) is 0 Å². The first kappa shape index (κ1) is 15.8. The first-order valence-electron chi connectivity index (χ1n) is 6.06. The van der Waals surface area contributed by atoms with Crippen molar-refractivity contribution in [1.29, 1.82) is 0 Å². The van der Waals surface area contributed by atoms with Crippen LogP contribution in [0.1, 0.15) is 12.0 Å². The van der Waals surface area contributed by atoms with Crippen LogP contribution < -0.4 is 5.73 Å². The van der Waals surface area contributed by atoms with E-state index >= 15 is 0 Å². The Labute approximate surface area is 118 Å². The van der Waals surface area contributed by atoms with Crippen molar-refractivity contribution in [3.63, 3.8) is 0 Å². The van der Waals surface area contributed by atoms with Gasteiger partial charge in [-0.25, -0.2) is 4.79 Å². The molecule has 0 radical (unpaired) electrons. The molecule has 1 aromatic rings. The Bertz CT molecular complexity index is 402. The standard InChI is InChI=1S/C13H18N2O3.ClH/c14-11-8-15(7-6-12(11)16)13(17)18-9-10-4-2-1-3-5-10;/h1-5,11-12,16H,6-9,14H2;1H/t11-,12+;/m0./s1. The van der Waals surface area contributed by atoms with Gasteiger partial charge < -0.3 is 20.5 Å². The van der Waals surface area contributed by atoms with Crippen LogP contribution in [0, 0.1) is 0 Å². The number of nitrogens with two attached hydrogens (primary N) is 1. The first-order chi connectivity index (χ1) is 8.66. The third-order valence-electron chi connectivity index (χ3n) is 3.08. The minimum Gasteiger partial charge on any atom is -0.445 e. The minimum atomic E-state index is -0.525. The van der Waals surface area contributed by atoms with Crippen molar-refractivity contribution in [3.05, 3.63) is 35.9 Å². The van der Waals surface area contributed by atoms with E-state index in [0.29, 0.717) is 19.5 Å². The SMILES string of the molecule is Cl.N[C@H]1CN(C(=O)OCc2ccccc2)CC[C@H]1O. The van der Waals surface area contributed by atoms with Crippen LogP contribution in [-0.2, 0) is 11.3 Å². The molecule has 2 rings (SSSR count). The molecule has 1 heterocycles. The largest absolute Gasteiger partial charge is 0.445 e. The predicted octanol–water partition coefficient (Wildman–Crippen LogP) is 1.14. The average Bonchev–Trinajstić information content (AvgIpc) is 2.40. The summed E-state index contributed by atoms with van der Waals surface area (Å²) in [7, 11) is 0. The molecule has 1 fully saturated rings. The highest BCUT2D eigenvalue weighted by atomic mass is 35.5. The van der Waals surface area contributed by atoms with E-state index < -0.39 is 6.10 Å². The van der Waals surface area contributed by atoms with E-state index in [4.69, 9.17) is 10.5 Å². The van der Waals surface area contributed by atoms with Gasteiger partial charge in [0.05, 0.1) is 6.10 Å². The molecular weight excluding hydrogens is 268 g/mol. The second-order valence-corrected chi connectivity index (χ2v) is 4.51. The van der Waals surface area contributed by atoms with Crippen LogP contribution in [0.15, 0.2) is 30.3 Å². The molecule has 0 saturated carbocycles. The van der Waals surface area contributed by atoms with E-state index in [9.17, 15) is 9.90 Å². The van der Waals surface area contributed by atoms with Crippen LogP contribution >= 0.6 is 12.4 Å². The molecular formula is C13H19ClN2O3. The molecule has 2 atom stereocenters. The zero-order chi connectivity index (χ0) is 13.0. The number of aliphatic hydroxyl groups is 1. The van der Waals surface area contributed by atoms with Crippen molar-refractivity contribution in [2.24, 2.45) is 5.73 Å². The lowest BCUT2D eigenvalue weighted by Crippen LogP contribution is -2.53. The fourth-order valence-electron chi connectivity index (χ4n) is 1.95. The molecule has 1 saturated heterocycles. The zero-order valence-corrected chi connectivity index (χ0v) is 11.4. The Morgan fingerprint density at radius 2 is 2.11 bits per heavy atom. The summed E-state index contributed by atoms with van der Waals surface area (Å²) in [6.45, 7) is 1.09. The number of carbonyl (C=O) groups is 1. The smallest absolute Gasteiger partial charge is 0.410 e. The maximum Gasteiger partial charge on any atom is 0.410 e. The maximum atomic E-state index is 11.8. The van der Waals surface area contributed by atoms with Crippen LogP contribution in [0.25, 0.3) is 0 Å². The summed E-state index contributed by atoms with van der Waals surface area (Å²) in [6, 6.07) is 9.13. The molecule has 19 heavy (non-hydrogen) atoms. The maximum absolute atomic E-state index is 11.8. The number of benzene rings is 1. The van der Waals surface area contributed by atoms with Crippen LogP contribution in [0.4, 0.5) is 4.79 Å². The average molecular weight is 287 g/mol. The summed E-state index contributed by atoms with van der Waals surface area (Å²) < 4.78 is 5.20. The number of rotatable bonds is 2. The molecule has 106 valence electrons. The summed E-state index contributed by atoms with van der Waals surface area (Å²) >= 11 is 0. The Morgan fingerprint density at radius 1 is 1.42 bits per heavy atom. The fourth-order valence-corrected chi connectivity index (χ4v) is 1.95. The van der Waals surface area contributed by atoms with E-state index in [1.165, 1.54) is 0 Å². The second-order valence-electron chi connectivity index (χ2n) is 4.51. The Kier molecular flexibility index (Phi) is 6.08. The monoisotopic (exact) mass is 286 g/mol. The van der Waals surface area contributed by atoms with Crippen molar-refractivity contribution in [1.82, 2.24) is 4.90 Å². The number of hydrogen-bond acceptors (Lipinski definition) is 4. The molecule has 0 unspecified atom stereocenters. The molecule has 1 aliphatic heterocycles. The predicted molar refractivity (Wildman–Crippen MR) is 74.0 cm³/mol. The number of carbonyl (C=O) groups excluding carboxylic acids is 1. The molecule has 6 heteroatoms. The van der Waals surface area contributed by atoms with E-state index in [1.807, 2.05) is 30.3 Å². The van der Waals surface area contributed by atoms with Crippen molar-refractivity contribution >= 4 is 18.5 Å². The molecule has 0 aromatic heterocycles. The van der Waals surface area contributed by atoms with Gasteiger partial charge in [0, 0.05) is 19.1 Å². The van der Waals surface area contributed by atoms with Gasteiger partial charge in [-0.15, -0.1) is 12.4 Å². The number of likely N-dealkylation sites (tertiary alicyclic amines) is 1. The van der Waals surface area contributed by atoms with Crippen molar-refractivity contribution in [2.75, 3.05) is 13.1 Å². The summed E-state index contributed by atoms with van der Waals surface area (Å²) in [5, 5.41) is 9.48. The number of ether oxygens (including phenoxy) is 1. The normalized spacial score (nSPS) is 22.5. The Morgan fingerprint density at radius 3 is 2.74 bits per heavy atom. The van der Waals surface area contributed by atoms with E-state index in [-0.39, 0.29) is 31.1 Å². The lowest BCUT2D eigenvalue weighted by atomic mass is 10.0. The van der Waals surface area contributed by atoms with Gasteiger partial charge in [-0.3, -0.25) is 0 Å². The van der Waals surface area contributed by atoms with Crippen LogP contribution in [0.2, 0.25) is 0 Å². The Hall–Kier alpha value is -1.30. The number of nitrogens with zero attached hydrogens (tertiary/aromatic N) is 1. The van der Waals surface area contributed by atoms with Gasteiger partial charge >= 0.3 is 6.09 Å². The van der Waals surface area contributed by atoms with Gasteiger partial charge in [0.25, 0.3) is 0 Å². The number of amides is 1. The summed E-state index contributed by atoms with van der Waals surface area (Å²) in [4.78, 5) is 13.3.